The van der Waals surface area contributed by atoms with Crippen molar-refractivity contribution in [2.75, 3.05) is 18.6 Å². The average Bonchev–Trinajstić information content (AvgIpc) is 3.62. The number of rotatable bonds is 7. The number of anilines is 1. The molecule has 6 rings (SSSR count). The van der Waals surface area contributed by atoms with Crippen molar-refractivity contribution < 1.29 is 19.4 Å². The first kappa shape index (κ1) is 25.1. The summed E-state index contributed by atoms with van der Waals surface area (Å²) in [5.74, 6) is 0.965. The highest BCUT2D eigenvalue weighted by molar-refractivity contribution is 5.98. The van der Waals surface area contributed by atoms with Gasteiger partial charge in [0.1, 0.15) is 11.6 Å². The third-order valence-electron chi connectivity index (χ3n) is 7.05. The number of phenolic OH excluding ortho intramolecular Hbond substituents is 1. The Morgan fingerprint density at radius 2 is 1.93 bits per heavy atom. The molecule has 200 valence electrons. The van der Waals surface area contributed by atoms with Crippen molar-refractivity contribution in [1.82, 2.24) is 20.3 Å². The minimum atomic E-state index is -0.217. The molecule has 2 amide bonds. The Hall–Kier alpha value is -5.18. The number of carbonyl (C=O) groups is 2. The second-order valence-corrected chi connectivity index (χ2v) is 9.61. The van der Waals surface area contributed by atoms with Crippen molar-refractivity contribution in [2.24, 2.45) is 0 Å². The van der Waals surface area contributed by atoms with E-state index in [0.717, 1.165) is 35.3 Å². The molecule has 9 heteroatoms. The number of amides is 2. The number of carbonyl (C=O) groups excluding carboxylic acids is 2. The maximum absolute atomic E-state index is 12.9. The number of H-pyrrole nitrogens is 1. The summed E-state index contributed by atoms with van der Waals surface area (Å²) in [7, 11) is 1.56. The number of hydrogen-bond acceptors (Lipinski definition) is 6. The van der Waals surface area contributed by atoms with Crippen LogP contribution in [0.1, 0.15) is 28.8 Å². The summed E-state index contributed by atoms with van der Waals surface area (Å²) in [6.07, 6.45) is 3.13. The molecule has 0 saturated carbocycles. The molecular formula is C31H27N5O4. The molecule has 1 aliphatic heterocycles. The zero-order chi connectivity index (χ0) is 27.6. The monoisotopic (exact) mass is 533 g/mol. The lowest BCUT2D eigenvalue weighted by Gasteiger charge is -2.16. The first-order valence-electron chi connectivity index (χ1n) is 13.0. The maximum Gasteiger partial charge on any atom is 0.251 e. The van der Waals surface area contributed by atoms with Crippen LogP contribution in [0.4, 0.5) is 5.69 Å². The summed E-state index contributed by atoms with van der Waals surface area (Å²) >= 11 is 0. The number of aromatic hydroxyl groups is 1. The summed E-state index contributed by atoms with van der Waals surface area (Å²) in [5, 5.41) is 13.6. The normalized spacial score (nSPS) is 13.1. The van der Waals surface area contributed by atoms with Gasteiger partial charge < -0.3 is 25.0 Å². The highest BCUT2D eigenvalue weighted by atomic mass is 16.5. The molecule has 1 fully saturated rings. The van der Waals surface area contributed by atoms with E-state index >= 15 is 0 Å². The molecule has 0 unspecified atom stereocenters. The highest BCUT2D eigenvalue weighted by Crippen LogP contribution is 2.35. The lowest BCUT2D eigenvalue weighted by Crippen LogP contribution is -2.24. The van der Waals surface area contributed by atoms with Crippen LogP contribution < -0.4 is 15.0 Å². The molecule has 1 saturated heterocycles. The van der Waals surface area contributed by atoms with Gasteiger partial charge in [-0.3, -0.25) is 9.59 Å². The smallest absolute Gasteiger partial charge is 0.251 e. The molecule has 3 aromatic carbocycles. The summed E-state index contributed by atoms with van der Waals surface area (Å²) < 4.78 is 5.39. The van der Waals surface area contributed by atoms with Crippen molar-refractivity contribution in [2.45, 2.75) is 19.4 Å². The first-order valence-corrected chi connectivity index (χ1v) is 13.0. The standard InChI is InChI=1S/C31H27N5O4/c1-40-31-23(4-2-14-32-31)20-9-13-27(37)24(16-20)29-34-25-12-8-21(17-26(25)35-29)30(39)33-18-19-6-10-22(11-7-19)36-15-3-5-28(36)38/h2,4,6-14,16-17,37H,3,5,15,18H2,1H3,(H,33,39)(H,34,35). The number of nitrogens with one attached hydrogen (secondary N) is 2. The SMILES string of the molecule is COc1ncccc1-c1ccc(O)c(-c2nc3ccc(C(=O)NCc4ccc(N5CCCC5=O)cc4)cc3[nH]2)c1. The Morgan fingerprint density at radius 1 is 1.07 bits per heavy atom. The minimum absolute atomic E-state index is 0.0729. The van der Waals surface area contributed by atoms with Gasteiger partial charge in [-0.05, 0) is 72.1 Å². The Balaban J connectivity index is 1.19. The first-order chi connectivity index (χ1) is 19.5. The summed E-state index contributed by atoms with van der Waals surface area (Å²) in [5.41, 5.74) is 5.78. The zero-order valence-corrected chi connectivity index (χ0v) is 21.8. The van der Waals surface area contributed by atoms with Gasteiger partial charge in [0.2, 0.25) is 11.8 Å². The van der Waals surface area contributed by atoms with Crippen molar-refractivity contribution in [3.05, 3.63) is 90.1 Å². The quantitative estimate of drug-likeness (QED) is 0.269. The van der Waals surface area contributed by atoms with Crippen LogP contribution >= 0.6 is 0 Å². The second-order valence-electron chi connectivity index (χ2n) is 9.61. The van der Waals surface area contributed by atoms with Crippen LogP contribution in [-0.2, 0) is 11.3 Å². The van der Waals surface area contributed by atoms with Gasteiger partial charge in [-0.25, -0.2) is 9.97 Å². The van der Waals surface area contributed by atoms with E-state index < -0.39 is 0 Å². The largest absolute Gasteiger partial charge is 0.507 e. The number of phenols is 1. The van der Waals surface area contributed by atoms with E-state index in [1.165, 1.54) is 0 Å². The van der Waals surface area contributed by atoms with Gasteiger partial charge >= 0.3 is 0 Å². The number of nitrogens with zero attached hydrogens (tertiary/aromatic N) is 3. The zero-order valence-electron chi connectivity index (χ0n) is 21.8. The molecule has 3 N–H and O–H groups in total. The van der Waals surface area contributed by atoms with Gasteiger partial charge in [-0.1, -0.05) is 18.2 Å². The predicted octanol–water partition coefficient (Wildman–Crippen LogP) is 5.06. The summed E-state index contributed by atoms with van der Waals surface area (Å²) in [6.45, 7) is 1.11. The lowest BCUT2D eigenvalue weighted by atomic mass is 10.0. The Kier molecular flexibility index (Phi) is 6.61. The number of aromatic amines is 1. The highest BCUT2D eigenvalue weighted by Gasteiger charge is 2.21. The van der Waals surface area contributed by atoms with Crippen LogP contribution in [0.25, 0.3) is 33.5 Å². The number of aromatic nitrogens is 3. The number of benzene rings is 3. The van der Waals surface area contributed by atoms with Gasteiger partial charge in [0.15, 0.2) is 0 Å². The molecule has 2 aromatic heterocycles. The van der Waals surface area contributed by atoms with Crippen molar-refractivity contribution >= 4 is 28.5 Å². The van der Waals surface area contributed by atoms with Crippen LogP contribution in [0.3, 0.4) is 0 Å². The maximum atomic E-state index is 12.9. The minimum Gasteiger partial charge on any atom is -0.507 e. The van der Waals surface area contributed by atoms with Gasteiger partial charge in [0.25, 0.3) is 5.91 Å². The number of pyridine rings is 1. The number of ether oxygens (including phenoxy) is 1. The molecule has 40 heavy (non-hydrogen) atoms. The van der Waals surface area contributed by atoms with Crippen molar-refractivity contribution in [3.63, 3.8) is 0 Å². The van der Waals surface area contributed by atoms with E-state index in [0.29, 0.717) is 46.8 Å². The predicted molar refractivity (Wildman–Crippen MR) is 152 cm³/mol. The Bertz CT molecular complexity index is 1730. The number of fused-ring (bicyclic) bond motifs is 1. The second kappa shape index (κ2) is 10.5. The fourth-order valence-corrected chi connectivity index (χ4v) is 4.94. The third-order valence-corrected chi connectivity index (χ3v) is 7.05. The fraction of sp³-hybridized carbons (Fsp3) is 0.161. The van der Waals surface area contributed by atoms with Crippen LogP contribution in [0.5, 0.6) is 11.6 Å². The molecule has 9 nitrogen and oxygen atoms in total. The molecule has 5 aromatic rings. The van der Waals surface area contributed by atoms with Gasteiger partial charge in [0, 0.05) is 42.5 Å². The molecular weight excluding hydrogens is 506 g/mol. The van der Waals surface area contributed by atoms with E-state index in [9.17, 15) is 14.7 Å². The lowest BCUT2D eigenvalue weighted by molar-refractivity contribution is -0.117. The van der Waals surface area contributed by atoms with E-state index in [1.807, 2.05) is 42.5 Å². The van der Waals surface area contributed by atoms with Crippen molar-refractivity contribution in [1.29, 1.82) is 0 Å². The van der Waals surface area contributed by atoms with E-state index in [2.05, 4.69) is 20.3 Å². The number of methoxy groups -OCH3 is 1. The van der Waals surface area contributed by atoms with Gasteiger partial charge in [0.05, 0.1) is 23.7 Å². The average molecular weight is 534 g/mol. The van der Waals surface area contributed by atoms with Crippen LogP contribution in [0.15, 0.2) is 79.0 Å². The summed E-state index contributed by atoms with van der Waals surface area (Å²) in [4.78, 5) is 38.8. The fourth-order valence-electron chi connectivity index (χ4n) is 4.94. The van der Waals surface area contributed by atoms with E-state index in [4.69, 9.17) is 4.74 Å². The molecule has 0 bridgehead atoms. The number of imidazole rings is 1. The Morgan fingerprint density at radius 3 is 2.70 bits per heavy atom. The van der Waals surface area contributed by atoms with E-state index in [1.54, 1.807) is 48.5 Å². The van der Waals surface area contributed by atoms with Crippen LogP contribution in [0.2, 0.25) is 0 Å². The molecule has 3 heterocycles. The van der Waals surface area contributed by atoms with Crippen LogP contribution in [0, 0.1) is 0 Å². The molecule has 0 atom stereocenters. The molecule has 0 radical (unpaired) electrons. The molecule has 0 aliphatic carbocycles. The molecule has 0 spiro atoms. The number of hydrogen-bond donors (Lipinski definition) is 3. The summed E-state index contributed by atoms with van der Waals surface area (Å²) in [6, 6.07) is 21.9. The topological polar surface area (TPSA) is 120 Å². The van der Waals surface area contributed by atoms with E-state index in [-0.39, 0.29) is 17.6 Å². The van der Waals surface area contributed by atoms with Gasteiger partial charge in [-0.2, -0.15) is 0 Å². The Labute approximate surface area is 230 Å². The van der Waals surface area contributed by atoms with Crippen LogP contribution in [-0.4, -0.2) is 45.5 Å². The van der Waals surface area contributed by atoms with Gasteiger partial charge in [-0.15, -0.1) is 0 Å². The van der Waals surface area contributed by atoms with Crippen molar-refractivity contribution in [3.8, 4) is 34.1 Å². The third kappa shape index (κ3) is 4.84. The molecule has 1 aliphatic rings.